The molecule has 0 fully saturated rings. The SMILES string of the molecule is O=C(NCCOc1cccc2cccnc12)Nc1cccc(C(F)(F)F)c1. The average molecular weight is 375 g/mol. The average Bonchev–Trinajstić information content (AvgIpc) is 2.65. The van der Waals surface area contributed by atoms with E-state index >= 15 is 0 Å². The zero-order valence-electron chi connectivity index (χ0n) is 14.1. The Morgan fingerprint density at radius 1 is 1.07 bits per heavy atom. The van der Waals surface area contributed by atoms with Gasteiger partial charge in [0.05, 0.1) is 12.1 Å². The molecule has 0 aliphatic heterocycles. The van der Waals surface area contributed by atoms with Crippen molar-refractivity contribution in [2.75, 3.05) is 18.5 Å². The number of amides is 2. The van der Waals surface area contributed by atoms with Crippen LogP contribution in [0.2, 0.25) is 0 Å². The molecule has 0 aliphatic rings. The predicted molar refractivity (Wildman–Crippen MR) is 95.7 cm³/mol. The molecule has 0 aliphatic carbocycles. The van der Waals surface area contributed by atoms with E-state index in [4.69, 9.17) is 4.74 Å². The monoisotopic (exact) mass is 375 g/mol. The lowest BCUT2D eigenvalue weighted by Gasteiger charge is -2.11. The number of carbonyl (C=O) groups excluding carboxylic acids is 1. The van der Waals surface area contributed by atoms with E-state index in [0.717, 1.165) is 17.5 Å². The summed E-state index contributed by atoms with van der Waals surface area (Å²) in [6.07, 6.45) is -2.80. The van der Waals surface area contributed by atoms with Crippen molar-refractivity contribution < 1.29 is 22.7 Å². The molecule has 0 unspecified atom stereocenters. The summed E-state index contributed by atoms with van der Waals surface area (Å²) in [5.41, 5.74) is -0.0537. The summed E-state index contributed by atoms with van der Waals surface area (Å²) in [6.45, 7) is 0.361. The summed E-state index contributed by atoms with van der Waals surface area (Å²) in [5, 5.41) is 5.83. The molecule has 0 saturated carbocycles. The van der Waals surface area contributed by atoms with Crippen molar-refractivity contribution >= 4 is 22.6 Å². The van der Waals surface area contributed by atoms with Gasteiger partial charge in [0, 0.05) is 17.3 Å². The molecule has 140 valence electrons. The lowest BCUT2D eigenvalue weighted by Crippen LogP contribution is -2.32. The third-order valence-corrected chi connectivity index (χ3v) is 3.69. The molecule has 5 nitrogen and oxygen atoms in total. The number of hydrogen-bond acceptors (Lipinski definition) is 3. The second kappa shape index (κ2) is 7.94. The third-order valence-electron chi connectivity index (χ3n) is 3.69. The Labute approximate surface area is 153 Å². The number of ether oxygens (including phenoxy) is 1. The second-order valence-corrected chi connectivity index (χ2v) is 5.64. The van der Waals surface area contributed by atoms with E-state index in [9.17, 15) is 18.0 Å². The molecule has 2 aromatic carbocycles. The minimum atomic E-state index is -4.46. The largest absolute Gasteiger partial charge is 0.489 e. The van der Waals surface area contributed by atoms with Gasteiger partial charge in [-0.15, -0.1) is 0 Å². The molecule has 3 rings (SSSR count). The van der Waals surface area contributed by atoms with Crippen molar-refractivity contribution in [3.63, 3.8) is 0 Å². The molecule has 2 N–H and O–H groups in total. The molecule has 2 amide bonds. The number of nitrogens with one attached hydrogen (secondary N) is 2. The summed E-state index contributed by atoms with van der Waals surface area (Å²) in [7, 11) is 0. The molecule has 8 heteroatoms. The molecule has 1 aromatic heterocycles. The van der Waals surface area contributed by atoms with E-state index in [0.29, 0.717) is 11.3 Å². The summed E-state index contributed by atoms with van der Waals surface area (Å²) in [5.74, 6) is 0.591. The molecule has 0 saturated heterocycles. The topological polar surface area (TPSA) is 63.2 Å². The van der Waals surface area contributed by atoms with E-state index in [2.05, 4.69) is 15.6 Å². The molecule has 0 spiro atoms. The fourth-order valence-corrected chi connectivity index (χ4v) is 2.47. The number of para-hydroxylation sites is 1. The number of alkyl halides is 3. The number of fused-ring (bicyclic) bond motifs is 1. The molecular weight excluding hydrogens is 359 g/mol. The van der Waals surface area contributed by atoms with Crippen LogP contribution >= 0.6 is 0 Å². The first-order chi connectivity index (χ1) is 12.9. The minimum absolute atomic E-state index is 0.0569. The highest BCUT2D eigenvalue weighted by Gasteiger charge is 2.30. The highest BCUT2D eigenvalue weighted by Crippen LogP contribution is 2.30. The molecule has 27 heavy (non-hydrogen) atoms. The summed E-state index contributed by atoms with van der Waals surface area (Å²) in [6, 6.07) is 13.1. The van der Waals surface area contributed by atoms with Gasteiger partial charge >= 0.3 is 12.2 Å². The Morgan fingerprint density at radius 3 is 2.67 bits per heavy atom. The summed E-state index contributed by atoms with van der Waals surface area (Å²) in [4.78, 5) is 16.1. The van der Waals surface area contributed by atoms with Crippen LogP contribution < -0.4 is 15.4 Å². The van der Waals surface area contributed by atoms with Crippen LogP contribution in [0.25, 0.3) is 10.9 Å². The summed E-state index contributed by atoms with van der Waals surface area (Å²) >= 11 is 0. The number of nitrogens with zero attached hydrogens (tertiary/aromatic N) is 1. The quantitative estimate of drug-likeness (QED) is 0.648. The lowest BCUT2D eigenvalue weighted by molar-refractivity contribution is -0.137. The number of rotatable bonds is 5. The zero-order valence-corrected chi connectivity index (χ0v) is 14.1. The van der Waals surface area contributed by atoms with Gasteiger partial charge in [0.1, 0.15) is 17.9 Å². The van der Waals surface area contributed by atoms with Crippen LogP contribution in [0.1, 0.15) is 5.56 Å². The number of hydrogen-bond donors (Lipinski definition) is 2. The molecule has 0 radical (unpaired) electrons. The number of carbonyl (C=O) groups is 1. The number of urea groups is 1. The van der Waals surface area contributed by atoms with Gasteiger partial charge in [-0.25, -0.2) is 4.79 Å². The van der Waals surface area contributed by atoms with Crippen molar-refractivity contribution in [1.82, 2.24) is 10.3 Å². The van der Waals surface area contributed by atoms with Crippen LogP contribution in [0.4, 0.5) is 23.7 Å². The maximum absolute atomic E-state index is 12.7. The highest BCUT2D eigenvalue weighted by molar-refractivity contribution is 5.89. The molecule has 1 heterocycles. The molecular formula is C19H16F3N3O2. The van der Waals surface area contributed by atoms with Gasteiger partial charge in [-0.2, -0.15) is 13.2 Å². The Balaban J connectivity index is 1.50. The molecule has 3 aromatic rings. The molecule has 0 atom stereocenters. The lowest BCUT2D eigenvalue weighted by atomic mass is 10.2. The van der Waals surface area contributed by atoms with Crippen molar-refractivity contribution in [3.8, 4) is 5.75 Å². The Hall–Kier alpha value is -3.29. The van der Waals surface area contributed by atoms with Crippen molar-refractivity contribution in [1.29, 1.82) is 0 Å². The van der Waals surface area contributed by atoms with E-state index in [1.807, 2.05) is 24.3 Å². The Morgan fingerprint density at radius 2 is 1.85 bits per heavy atom. The number of halogens is 3. The van der Waals surface area contributed by atoms with Gasteiger partial charge in [0.2, 0.25) is 0 Å². The molecule has 0 bridgehead atoms. The van der Waals surface area contributed by atoms with Crippen LogP contribution in [0.3, 0.4) is 0 Å². The van der Waals surface area contributed by atoms with E-state index in [1.54, 1.807) is 12.3 Å². The van der Waals surface area contributed by atoms with Crippen molar-refractivity contribution in [2.45, 2.75) is 6.18 Å². The van der Waals surface area contributed by atoms with Gasteiger partial charge in [-0.3, -0.25) is 4.98 Å². The normalized spacial score (nSPS) is 11.2. The maximum atomic E-state index is 12.7. The van der Waals surface area contributed by atoms with Gasteiger partial charge in [0.25, 0.3) is 0 Å². The van der Waals surface area contributed by atoms with Gasteiger partial charge in [0.15, 0.2) is 0 Å². The van der Waals surface area contributed by atoms with Crippen LogP contribution in [0.5, 0.6) is 5.75 Å². The fourth-order valence-electron chi connectivity index (χ4n) is 2.47. The maximum Gasteiger partial charge on any atom is 0.416 e. The zero-order chi connectivity index (χ0) is 19.3. The number of anilines is 1. The van der Waals surface area contributed by atoms with Gasteiger partial charge in [-0.1, -0.05) is 24.3 Å². The fraction of sp³-hybridized carbons (Fsp3) is 0.158. The first-order valence-corrected chi connectivity index (χ1v) is 8.12. The van der Waals surface area contributed by atoms with E-state index < -0.39 is 17.8 Å². The standard InChI is InChI=1S/C19H16F3N3O2/c20-19(21,22)14-6-2-7-15(12-14)25-18(26)24-10-11-27-16-8-1-4-13-5-3-9-23-17(13)16/h1-9,12H,10-11H2,(H2,24,25,26). The van der Waals surface area contributed by atoms with Gasteiger partial charge in [-0.05, 0) is 30.3 Å². The summed E-state index contributed by atoms with van der Waals surface area (Å²) < 4.78 is 43.7. The van der Waals surface area contributed by atoms with Crippen LogP contribution in [0.15, 0.2) is 60.8 Å². The van der Waals surface area contributed by atoms with Crippen LogP contribution in [-0.2, 0) is 6.18 Å². The smallest absolute Gasteiger partial charge is 0.416 e. The highest BCUT2D eigenvalue weighted by atomic mass is 19.4. The number of aromatic nitrogens is 1. The van der Waals surface area contributed by atoms with Crippen molar-refractivity contribution in [2.24, 2.45) is 0 Å². The second-order valence-electron chi connectivity index (χ2n) is 5.64. The first-order valence-electron chi connectivity index (χ1n) is 8.12. The van der Waals surface area contributed by atoms with Crippen molar-refractivity contribution in [3.05, 3.63) is 66.4 Å². The third kappa shape index (κ3) is 4.87. The predicted octanol–water partition coefficient (Wildman–Crippen LogP) is 4.45. The van der Waals surface area contributed by atoms with Gasteiger partial charge < -0.3 is 15.4 Å². The van der Waals surface area contributed by atoms with E-state index in [-0.39, 0.29) is 18.8 Å². The van der Waals surface area contributed by atoms with E-state index in [1.165, 1.54) is 12.1 Å². The first kappa shape index (κ1) is 18.5. The Bertz CT molecular complexity index is 939. The van der Waals surface area contributed by atoms with Crippen LogP contribution in [0, 0.1) is 0 Å². The van der Waals surface area contributed by atoms with Crippen LogP contribution in [-0.4, -0.2) is 24.2 Å². The minimum Gasteiger partial charge on any atom is -0.489 e. The number of pyridine rings is 1. The Kier molecular flexibility index (Phi) is 5.44. The number of benzene rings is 2.